The molecule has 2 aliphatic heterocycles. The summed E-state index contributed by atoms with van der Waals surface area (Å²) in [6, 6.07) is 9.80. The Morgan fingerprint density at radius 3 is 3.00 bits per heavy atom. The van der Waals surface area contributed by atoms with Gasteiger partial charge in [-0.15, -0.1) is 0 Å². The Morgan fingerprint density at radius 1 is 1.21 bits per heavy atom. The standard InChI is InChI=1S/C15H19N3S/c1-2-8-14-12(5-1)17-15(19-14)18-10-4-7-13(18)11-6-3-9-16-11/h1-2,5,8,11,13,16H,3-4,6-7,9-10H2. The van der Waals surface area contributed by atoms with Crippen LogP contribution in [0.2, 0.25) is 0 Å². The Bertz CT molecular complexity index is 541. The molecule has 0 bridgehead atoms. The summed E-state index contributed by atoms with van der Waals surface area (Å²) in [5.74, 6) is 0. The lowest BCUT2D eigenvalue weighted by Gasteiger charge is -2.29. The molecule has 2 fully saturated rings. The molecule has 1 N–H and O–H groups in total. The van der Waals surface area contributed by atoms with Gasteiger partial charge in [0.15, 0.2) is 5.13 Å². The van der Waals surface area contributed by atoms with E-state index in [-0.39, 0.29) is 0 Å². The second-order valence-corrected chi connectivity index (χ2v) is 6.58. The van der Waals surface area contributed by atoms with Crippen LogP contribution in [-0.4, -0.2) is 30.2 Å². The van der Waals surface area contributed by atoms with Gasteiger partial charge in [-0.2, -0.15) is 0 Å². The third-order valence-electron chi connectivity index (χ3n) is 4.39. The summed E-state index contributed by atoms with van der Waals surface area (Å²) in [5, 5.41) is 4.89. The summed E-state index contributed by atoms with van der Waals surface area (Å²) in [6.07, 6.45) is 5.27. The molecule has 2 aromatic rings. The molecule has 2 aliphatic rings. The van der Waals surface area contributed by atoms with Crippen LogP contribution in [0.4, 0.5) is 5.13 Å². The number of nitrogens with one attached hydrogen (secondary N) is 1. The van der Waals surface area contributed by atoms with Gasteiger partial charge in [0.05, 0.1) is 10.2 Å². The zero-order valence-corrected chi connectivity index (χ0v) is 11.8. The molecule has 3 heterocycles. The highest BCUT2D eigenvalue weighted by Crippen LogP contribution is 2.35. The molecular formula is C15H19N3S. The van der Waals surface area contributed by atoms with Crippen molar-refractivity contribution in [1.82, 2.24) is 10.3 Å². The lowest BCUT2D eigenvalue weighted by atomic mass is 10.0. The third-order valence-corrected chi connectivity index (χ3v) is 5.46. The van der Waals surface area contributed by atoms with E-state index in [1.807, 2.05) is 11.3 Å². The molecule has 0 amide bonds. The molecule has 0 radical (unpaired) electrons. The van der Waals surface area contributed by atoms with Crippen LogP contribution in [0.25, 0.3) is 10.2 Å². The molecule has 2 unspecified atom stereocenters. The number of aromatic nitrogens is 1. The van der Waals surface area contributed by atoms with Crippen LogP contribution in [-0.2, 0) is 0 Å². The van der Waals surface area contributed by atoms with E-state index in [1.165, 1.54) is 48.6 Å². The maximum absolute atomic E-state index is 4.83. The number of anilines is 1. The highest BCUT2D eigenvalue weighted by molar-refractivity contribution is 7.22. The fourth-order valence-electron chi connectivity index (χ4n) is 3.47. The van der Waals surface area contributed by atoms with Crippen molar-refractivity contribution >= 4 is 26.7 Å². The van der Waals surface area contributed by atoms with E-state index in [0.717, 1.165) is 5.52 Å². The molecule has 100 valence electrons. The molecular weight excluding hydrogens is 254 g/mol. The highest BCUT2D eigenvalue weighted by atomic mass is 32.1. The number of hydrogen-bond donors (Lipinski definition) is 1. The number of para-hydroxylation sites is 1. The number of hydrogen-bond acceptors (Lipinski definition) is 4. The Hall–Kier alpha value is -1.13. The second kappa shape index (κ2) is 4.76. The summed E-state index contributed by atoms with van der Waals surface area (Å²) in [4.78, 5) is 7.38. The maximum Gasteiger partial charge on any atom is 0.186 e. The summed E-state index contributed by atoms with van der Waals surface area (Å²) in [6.45, 7) is 2.36. The van der Waals surface area contributed by atoms with E-state index in [9.17, 15) is 0 Å². The summed E-state index contributed by atoms with van der Waals surface area (Å²) in [7, 11) is 0. The topological polar surface area (TPSA) is 28.2 Å². The van der Waals surface area contributed by atoms with Crippen LogP contribution in [0.5, 0.6) is 0 Å². The SMILES string of the molecule is c1ccc2sc(N3CCCC3C3CCCN3)nc2c1. The molecule has 2 saturated heterocycles. The average Bonchev–Trinajstić information content (AvgIpc) is 3.17. The molecule has 4 heteroatoms. The number of fused-ring (bicyclic) bond motifs is 1. The number of nitrogens with zero attached hydrogens (tertiary/aromatic N) is 2. The van der Waals surface area contributed by atoms with Gasteiger partial charge in [-0.25, -0.2) is 4.98 Å². The number of benzene rings is 1. The first kappa shape index (κ1) is 11.7. The van der Waals surface area contributed by atoms with E-state index in [0.29, 0.717) is 12.1 Å². The van der Waals surface area contributed by atoms with Gasteiger partial charge in [-0.1, -0.05) is 23.5 Å². The van der Waals surface area contributed by atoms with Gasteiger partial charge in [-0.05, 0) is 44.4 Å². The van der Waals surface area contributed by atoms with Crippen molar-refractivity contribution in [1.29, 1.82) is 0 Å². The minimum atomic E-state index is 0.656. The monoisotopic (exact) mass is 273 g/mol. The molecule has 1 aromatic carbocycles. The van der Waals surface area contributed by atoms with E-state index in [4.69, 9.17) is 4.98 Å². The van der Waals surface area contributed by atoms with Crippen LogP contribution >= 0.6 is 11.3 Å². The van der Waals surface area contributed by atoms with Gasteiger partial charge in [-0.3, -0.25) is 0 Å². The smallest absolute Gasteiger partial charge is 0.186 e. The van der Waals surface area contributed by atoms with Crippen LogP contribution < -0.4 is 10.2 Å². The molecule has 0 aliphatic carbocycles. The lowest BCUT2D eigenvalue weighted by molar-refractivity contribution is 0.482. The Labute approximate surface area is 117 Å². The van der Waals surface area contributed by atoms with Gasteiger partial charge in [0.25, 0.3) is 0 Å². The third kappa shape index (κ3) is 2.03. The quantitative estimate of drug-likeness (QED) is 0.911. The summed E-state index contributed by atoms with van der Waals surface area (Å²) < 4.78 is 1.31. The first-order valence-corrected chi connectivity index (χ1v) is 8.09. The minimum Gasteiger partial charge on any atom is -0.344 e. The van der Waals surface area contributed by atoms with Crippen molar-refractivity contribution in [3.63, 3.8) is 0 Å². The van der Waals surface area contributed by atoms with Crippen molar-refractivity contribution in [2.24, 2.45) is 0 Å². The first-order valence-electron chi connectivity index (χ1n) is 7.27. The normalized spacial score (nSPS) is 27.5. The minimum absolute atomic E-state index is 0.656. The van der Waals surface area contributed by atoms with Crippen LogP contribution in [0, 0.1) is 0 Å². The second-order valence-electron chi connectivity index (χ2n) is 5.57. The predicted molar refractivity (Wildman–Crippen MR) is 81.0 cm³/mol. The first-order chi connectivity index (χ1) is 9.42. The number of rotatable bonds is 2. The van der Waals surface area contributed by atoms with Crippen LogP contribution in [0.1, 0.15) is 25.7 Å². The van der Waals surface area contributed by atoms with Gasteiger partial charge >= 0.3 is 0 Å². The number of thiazole rings is 1. The lowest BCUT2D eigenvalue weighted by Crippen LogP contribution is -2.44. The van der Waals surface area contributed by atoms with E-state index in [2.05, 4.69) is 34.5 Å². The van der Waals surface area contributed by atoms with Gasteiger partial charge in [0.2, 0.25) is 0 Å². The summed E-state index contributed by atoms with van der Waals surface area (Å²) >= 11 is 1.84. The fourth-order valence-corrected chi connectivity index (χ4v) is 4.52. The van der Waals surface area contributed by atoms with E-state index < -0.39 is 0 Å². The zero-order valence-electron chi connectivity index (χ0n) is 11.0. The van der Waals surface area contributed by atoms with Crippen molar-refractivity contribution < 1.29 is 0 Å². The molecule has 0 saturated carbocycles. The van der Waals surface area contributed by atoms with Crippen molar-refractivity contribution in [3.8, 4) is 0 Å². The van der Waals surface area contributed by atoms with Crippen molar-refractivity contribution in [2.45, 2.75) is 37.8 Å². The van der Waals surface area contributed by atoms with E-state index in [1.54, 1.807) is 0 Å². The van der Waals surface area contributed by atoms with E-state index >= 15 is 0 Å². The molecule has 1 aromatic heterocycles. The van der Waals surface area contributed by atoms with Gasteiger partial charge in [0.1, 0.15) is 0 Å². The Balaban J connectivity index is 1.66. The maximum atomic E-state index is 4.83. The fraction of sp³-hybridized carbons (Fsp3) is 0.533. The Morgan fingerprint density at radius 2 is 2.16 bits per heavy atom. The molecule has 19 heavy (non-hydrogen) atoms. The zero-order chi connectivity index (χ0) is 12.7. The highest BCUT2D eigenvalue weighted by Gasteiger charge is 2.34. The largest absolute Gasteiger partial charge is 0.344 e. The molecule has 0 spiro atoms. The van der Waals surface area contributed by atoms with Gasteiger partial charge < -0.3 is 10.2 Å². The van der Waals surface area contributed by atoms with Gasteiger partial charge in [0, 0.05) is 18.6 Å². The predicted octanol–water partition coefficient (Wildman–Crippen LogP) is 3.02. The van der Waals surface area contributed by atoms with Crippen LogP contribution in [0.15, 0.2) is 24.3 Å². The average molecular weight is 273 g/mol. The molecule has 2 atom stereocenters. The van der Waals surface area contributed by atoms with Crippen molar-refractivity contribution in [3.05, 3.63) is 24.3 Å². The van der Waals surface area contributed by atoms with Crippen molar-refractivity contribution in [2.75, 3.05) is 18.0 Å². The van der Waals surface area contributed by atoms with Crippen LogP contribution in [0.3, 0.4) is 0 Å². The Kier molecular flexibility index (Phi) is 2.93. The summed E-state index contributed by atoms with van der Waals surface area (Å²) in [5.41, 5.74) is 1.15. The molecule has 3 nitrogen and oxygen atoms in total. The molecule has 4 rings (SSSR count).